The van der Waals surface area contributed by atoms with Crippen molar-refractivity contribution >= 4 is 58.2 Å². The fraction of sp³-hybridized carbons (Fsp3) is 0.462. The van der Waals surface area contributed by atoms with Gasteiger partial charge >= 0.3 is 6.18 Å². The third kappa shape index (κ3) is 8.43. The van der Waals surface area contributed by atoms with Crippen molar-refractivity contribution in [3.05, 3.63) is 111 Å². The van der Waals surface area contributed by atoms with Gasteiger partial charge < -0.3 is 34.8 Å². The number of benzene rings is 3. The van der Waals surface area contributed by atoms with Gasteiger partial charge in [-0.2, -0.15) is 13.2 Å². The molecular weight excluding hydrogens is 974 g/mol. The van der Waals surface area contributed by atoms with E-state index in [2.05, 4.69) is 30.7 Å². The first-order valence-corrected chi connectivity index (χ1v) is 25.0. The molecule has 6 aliphatic heterocycles. The van der Waals surface area contributed by atoms with E-state index in [9.17, 15) is 32.3 Å². The number of imide groups is 1. The normalized spacial score (nSPS) is 27.4. The maximum absolute atomic E-state index is 16.7. The van der Waals surface area contributed by atoms with Gasteiger partial charge in [-0.25, -0.2) is 4.39 Å². The zero-order valence-corrected chi connectivity index (χ0v) is 40.9. The molecule has 3 aromatic carbocycles. The van der Waals surface area contributed by atoms with Crippen molar-refractivity contribution in [3.63, 3.8) is 0 Å². The van der Waals surface area contributed by atoms with Crippen LogP contribution in [0, 0.1) is 11.7 Å². The number of halogens is 5. The van der Waals surface area contributed by atoms with Crippen LogP contribution in [0.15, 0.2) is 66.9 Å². The monoisotopic (exact) mass is 1030 g/mol. The molecule has 4 aromatic rings. The largest absolute Gasteiger partial charge is 0.495 e. The number of carbonyl (C=O) groups excluding carboxylic acids is 5. The van der Waals surface area contributed by atoms with Crippen molar-refractivity contribution in [3.8, 4) is 5.75 Å². The number of nitrogens with one attached hydrogen (secondary N) is 3. The molecule has 0 bridgehead atoms. The van der Waals surface area contributed by atoms with Gasteiger partial charge in [0.1, 0.15) is 23.3 Å². The summed E-state index contributed by atoms with van der Waals surface area (Å²) in [4.78, 5) is 80.5. The van der Waals surface area contributed by atoms with Crippen molar-refractivity contribution in [1.82, 2.24) is 29.9 Å². The molecule has 1 spiro atoms. The van der Waals surface area contributed by atoms with E-state index in [1.165, 1.54) is 24.3 Å². The number of methoxy groups -OCH3 is 1. The van der Waals surface area contributed by atoms with Crippen LogP contribution in [0.5, 0.6) is 5.75 Å². The molecule has 21 heteroatoms. The van der Waals surface area contributed by atoms with Crippen LogP contribution in [-0.4, -0.2) is 151 Å². The first-order chi connectivity index (χ1) is 35.0. The summed E-state index contributed by atoms with van der Waals surface area (Å²) < 4.78 is 70.4. The lowest BCUT2D eigenvalue weighted by atomic mass is 9.59. The second-order valence-corrected chi connectivity index (χ2v) is 20.5. The van der Waals surface area contributed by atoms with Crippen molar-refractivity contribution in [2.45, 2.75) is 73.9 Å². The second-order valence-electron chi connectivity index (χ2n) is 20.1. The number of nitrogens with zero attached hydrogens (tertiary/aromatic N) is 6. The minimum Gasteiger partial charge on any atom is -0.495 e. The maximum atomic E-state index is 16.7. The first kappa shape index (κ1) is 48.9. The minimum absolute atomic E-state index is 0.0333. The van der Waals surface area contributed by atoms with Gasteiger partial charge in [0.05, 0.1) is 37.1 Å². The number of piperazine rings is 1. The summed E-state index contributed by atoms with van der Waals surface area (Å²) in [7, 11) is 3.24. The summed E-state index contributed by atoms with van der Waals surface area (Å²) in [6.07, 6.45) is -1.54. The number of fused-ring (bicyclic) bond motifs is 3. The van der Waals surface area contributed by atoms with Crippen molar-refractivity contribution in [2.75, 3.05) is 88.7 Å². The first-order valence-electron chi connectivity index (χ1n) is 24.7. The number of hydrogen-bond acceptors (Lipinski definition) is 12. The van der Waals surface area contributed by atoms with E-state index in [-0.39, 0.29) is 83.3 Å². The maximum Gasteiger partial charge on any atom is 0.433 e. The second kappa shape index (κ2) is 18.9. The van der Waals surface area contributed by atoms with Gasteiger partial charge in [-0.1, -0.05) is 23.7 Å². The van der Waals surface area contributed by atoms with E-state index in [1.807, 2.05) is 24.1 Å². The van der Waals surface area contributed by atoms with Crippen LogP contribution in [-0.2, 0) is 37.3 Å². The summed E-state index contributed by atoms with van der Waals surface area (Å²) in [5.74, 6) is -3.35. The lowest BCUT2D eigenvalue weighted by molar-refractivity contribution is -0.141. The van der Waals surface area contributed by atoms with Crippen LogP contribution in [0.2, 0.25) is 5.02 Å². The zero-order valence-electron chi connectivity index (χ0n) is 40.1. The van der Waals surface area contributed by atoms with Crippen molar-refractivity contribution in [2.24, 2.45) is 5.92 Å². The van der Waals surface area contributed by atoms with Gasteiger partial charge in [-0.05, 0) is 91.9 Å². The molecule has 5 amide bonds. The number of aromatic nitrogens is 1. The average Bonchev–Trinajstić information content (AvgIpc) is 3.99. The van der Waals surface area contributed by atoms with Gasteiger partial charge in [-0.3, -0.25) is 44.1 Å². The van der Waals surface area contributed by atoms with Crippen LogP contribution < -0.4 is 25.6 Å². The van der Waals surface area contributed by atoms with Gasteiger partial charge in [0, 0.05) is 116 Å². The van der Waals surface area contributed by atoms with Gasteiger partial charge in [0.15, 0.2) is 0 Å². The van der Waals surface area contributed by atoms with E-state index in [1.54, 1.807) is 41.3 Å². The Kier molecular flexibility index (Phi) is 12.6. The molecule has 1 aliphatic carbocycles. The van der Waals surface area contributed by atoms with Gasteiger partial charge in [0.2, 0.25) is 17.7 Å². The summed E-state index contributed by atoms with van der Waals surface area (Å²) in [6.45, 7) is 4.92. The lowest BCUT2D eigenvalue weighted by Crippen LogP contribution is -2.58. The number of alkyl halides is 3. The van der Waals surface area contributed by atoms with Crippen LogP contribution in [0.4, 0.5) is 34.6 Å². The number of rotatable bonds is 9. The zero-order chi connectivity index (χ0) is 51.1. The molecule has 1 aromatic heterocycles. The number of hydrogen-bond donors (Lipinski definition) is 3. The Morgan fingerprint density at radius 3 is 2.47 bits per heavy atom. The minimum atomic E-state index is -4.71. The van der Waals surface area contributed by atoms with E-state index < -0.39 is 59.0 Å². The number of ether oxygens (including phenoxy) is 2. The molecule has 3 N–H and O–H groups in total. The smallest absolute Gasteiger partial charge is 0.433 e. The van der Waals surface area contributed by atoms with Crippen LogP contribution in [0.25, 0.3) is 0 Å². The lowest BCUT2D eigenvalue weighted by Gasteiger charge is -2.51. The Morgan fingerprint density at radius 1 is 0.973 bits per heavy atom. The summed E-state index contributed by atoms with van der Waals surface area (Å²) in [6, 6.07) is 13.9. The fourth-order valence-corrected chi connectivity index (χ4v) is 13.1. The standard InChI is InChI=1S/C52H54ClF4N9O7/c1-62-45(43(34-4-3-5-36(53)44(34)54)51(27-59-38-24-41(52(55,56)57)58-25-35(38)51)46(62)29-20-32(21-29)64-16-18-73-19-17-64)48(69)60-37-9-6-28(23-40(37)72-2)49(70)65-14-12-63(13-15-65)31-7-8-33-30(22-31)26-66(50(33)71)39-10-11-42(67)61-47(39)68/h3-9,22-25,29,32,39,43,45-46,59H,10-21,26-27H2,1-2H3,(H,60,69)(H,61,67,68)/t29?,32?,39-,43-,45+,46-,51+/m0/s1. The van der Waals surface area contributed by atoms with Crippen molar-refractivity contribution < 1.29 is 51.0 Å². The Labute approximate surface area is 423 Å². The molecule has 384 valence electrons. The SMILES string of the molecule is COc1cc(C(=O)N2CCN(c3ccc4c(c3)CN([C@H]3CCC(=O)NC3=O)C4=O)CC2)ccc1NC(=O)[C@H]1[C@H](c2cccc(Cl)c2F)[C@]2(CNc3cc(C(F)(F)F)ncc32)[C@H](C2CC(N3CCOCC3)C2)N1C. The third-order valence-electron chi connectivity index (χ3n) is 16.4. The molecule has 0 radical (unpaired) electrons. The molecule has 11 rings (SSSR count). The topological polar surface area (TPSA) is 169 Å². The number of pyridine rings is 1. The third-order valence-corrected chi connectivity index (χ3v) is 16.7. The highest BCUT2D eigenvalue weighted by molar-refractivity contribution is 6.30. The number of morpholine rings is 1. The van der Waals surface area contributed by atoms with E-state index >= 15 is 9.18 Å². The highest BCUT2D eigenvalue weighted by atomic mass is 35.5. The molecule has 7 aliphatic rings. The molecular formula is C52H54ClF4N9O7. The van der Waals surface area contributed by atoms with Gasteiger partial charge in [0.25, 0.3) is 11.8 Å². The predicted octanol–water partition coefficient (Wildman–Crippen LogP) is 5.50. The summed E-state index contributed by atoms with van der Waals surface area (Å²) in [5, 5.41) is 8.46. The summed E-state index contributed by atoms with van der Waals surface area (Å²) >= 11 is 6.49. The Hall–Kier alpha value is -6.35. The number of likely N-dealkylation sites (N-methyl/N-ethyl adjacent to an activating group) is 1. The Balaban J connectivity index is 0.835. The summed E-state index contributed by atoms with van der Waals surface area (Å²) in [5.41, 5.74) is 1.39. The molecule has 5 fully saturated rings. The van der Waals surface area contributed by atoms with Crippen molar-refractivity contribution in [1.29, 1.82) is 0 Å². The molecule has 16 nitrogen and oxygen atoms in total. The fourth-order valence-electron chi connectivity index (χ4n) is 12.9. The Bertz CT molecular complexity index is 2910. The quantitative estimate of drug-likeness (QED) is 0.143. The van der Waals surface area contributed by atoms with E-state index in [0.717, 1.165) is 43.2 Å². The van der Waals surface area contributed by atoms with E-state index in [4.69, 9.17) is 21.1 Å². The molecule has 0 unspecified atom stereocenters. The number of likely N-dealkylation sites (tertiary alicyclic amines) is 1. The molecule has 4 saturated heterocycles. The molecule has 5 atom stereocenters. The highest BCUT2D eigenvalue weighted by Gasteiger charge is 2.67. The Morgan fingerprint density at radius 2 is 1.74 bits per heavy atom. The number of anilines is 3. The number of piperidine rings is 1. The van der Waals surface area contributed by atoms with Crippen LogP contribution in [0.1, 0.15) is 74.7 Å². The van der Waals surface area contributed by atoms with Crippen LogP contribution >= 0.6 is 11.6 Å². The highest BCUT2D eigenvalue weighted by Crippen LogP contribution is 2.61. The van der Waals surface area contributed by atoms with Crippen LogP contribution in [0.3, 0.4) is 0 Å². The van der Waals surface area contributed by atoms with Gasteiger partial charge in [-0.15, -0.1) is 0 Å². The average molecular weight is 1030 g/mol. The molecule has 7 heterocycles. The van der Waals surface area contributed by atoms with E-state index in [0.29, 0.717) is 56.1 Å². The number of amides is 5. The molecule has 73 heavy (non-hydrogen) atoms. The number of carbonyl (C=O) groups is 5. The predicted molar refractivity (Wildman–Crippen MR) is 260 cm³/mol. The molecule has 1 saturated carbocycles.